The highest BCUT2D eigenvalue weighted by Crippen LogP contribution is 2.34. The summed E-state index contributed by atoms with van der Waals surface area (Å²) in [5.74, 6) is 0. The zero-order chi connectivity index (χ0) is 20.8. The summed E-state index contributed by atoms with van der Waals surface area (Å²) in [6.07, 6.45) is 0.763. The molecular weight excluding hydrogens is 456 g/mol. The van der Waals surface area contributed by atoms with Gasteiger partial charge in [-0.2, -0.15) is 4.31 Å². The third-order valence-electron chi connectivity index (χ3n) is 5.59. The van der Waals surface area contributed by atoms with Crippen LogP contribution in [0.3, 0.4) is 0 Å². The molecule has 0 atom stereocenters. The molecule has 1 fully saturated rings. The van der Waals surface area contributed by atoms with Gasteiger partial charge in [0.15, 0.2) is 0 Å². The van der Waals surface area contributed by atoms with Gasteiger partial charge in [-0.25, -0.2) is 13.2 Å². The van der Waals surface area contributed by atoms with E-state index in [1.165, 1.54) is 4.31 Å². The standard InChI is InChI=1S/C21H23BrN2O4S/c1-14-3-6-20(15(2)11-14)29(26,27)23-9-7-18(8-10-23)24-19-5-4-17(22)12-16(19)13-28-21(24)25/h3-6,11-12,18H,7-10,13H2,1-2H3. The van der Waals surface area contributed by atoms with Gasteiger partial charge in [-0.05, 0) is 56.5 Å². The number of rotatable bonds is 3. The Balaban J connectivity index is 1.53. The fourth-order valence-electron chi connectivity index (χ4n) is 4.13. The molecule has 2 aliphatic rings. The minimum Gasteiger partial charge on any atom is -0.444 e. The van der Waals surface area contributed by atoms with E-state index in [1.54, 1.807) is 11.0 Å². The van der Waals surface area contributed by atoms with Crippen LogP contribution in [0, 0.1) is 13.8 Å². The molecule has 0 spiro atoms. The number of sulfonamides is 1. The maximum Gasteiger partial charge on any atom is 0.414 e. The molecule has 1 amide bonds. The molecule has 0 bridgehead atoms. The van der Waals surface area contributed by atoms with E-state index >= 15 is 0 Å². The Morgan fingerprint density at radius 3 is 2.48 bits per heavy atom. The molecule has 0 unspecified atom stereocenters. The van der Waals surface area contributed by atoms with Crippen LogP contribution in [0.5, 0.6) is 0 Å². The minimum atomic E-state index is -3.55. The van der Waals surface area contributed by atoms with Gasteiger partial charge in [0, 0.05) is 29.2 Å². The largest absolute Gasteiger partial charge is 0.444 e. The van der Waals surface area contributed by atoms with Crippen molar-refractivity contribution in [3.63, 3.8) is 0 Å². The van der Waals surface area contributed by atoms with Gasteiger partial charge in [0.2, 0.25) is 10.0 Å². The van der Waals surface area contributed by atoms with E-state index in [1.807, 2.05) is 44.2 Å². The number of piperidine rings is 1. The summed E-state index contributed by atoms with van der Waals surface area (Å²) >= 11 is 3.45. The molecule has 0 aromatic heterocycles. The number of anilines is 1. The van der Waals surface area contributed by atoms with Crippen molar-refractivity contribution in [2.24, 2.45) is 0 Å². The molecule has 2 aromatic carbocycles. The van der Waals surface area contributed by atoms with Crippen LogP contribution >= 0.6 is 15.9 Å². The lowest BCUT2D eigenvalue weighted by Gasteiger charge is -2.39. The van der Waals surface area contributed by atoms with Gasteiger partial charge >= 0.3 is 6.09 Å². The quantitative estimate of drug-likeness (QED) is 0.656. The van der Waals surface area contributed by atoms with E-state index in [-0.39, 0.29) is 18.7 Å². The summed E-state index contributed by atoms with van der Waals surface area (Å²) in [6, 6.07) is 11.1. The fraction of sp³-hybridized carbons (Fsp3) is 0.381. The van der Waals surface area contributed by atoms with Crippen LogP contribution in [-0.2, 0) is 21.4 Å². The average Bonchev–Trinajstić information content (AvgIpc) is 2.68. The Labute approximate surface area is 179 Å². The molecule has 154 valence electrons. The number of fused-ring (bicyclic) bond motifs is 1. The van der Waals surface area contributed by atoms with Gasteiger partial charge in [0.1, 0.15) is 6.61 Å². The van der Waals surface area contributed by atoms with E-state index in [0.29, 0.717) is 30.8 Å². The summed E-state index contributed by atoms with van der Waals surface area (Å²) in [7, 11) is -3.55. The molecule has 0 N–H and O–H groups in total. The Morgan fingerprint density at radius 2 is 1.79 bits per heavy atom. The highest BCUT2D eigenvalue weighted by Gasteiger charge is 2.37. The van der Waals surface area contributed by atoms with Crippen molar-refractivity contribution in [1.82, 2.24) is 4.31 Å². The monoisotopic (exact) mass is 478 g/mol. The van der Waals surface area contributed by atoms with E-state index in [4.69, 9.17) is 4.74 Å². The first-order valence-corrected chi connectivity index (χ1v) is 11.8. The Morgan fingerprint density at radius 1 is 1.07 bits per heavy atom. The van der Waals surface area contributed by atoms with Crippen LogP contribution in [-0.4, -0.2) is 37.9 Å². The number of nitrogens with zero attached hydrogens (tertiary/aromatic N) is 2. The van der Waals surface area contributed by atoms with E-state index in [2.05, 4.69) is 15.9 Å². The van der Waals surface area contributed by atoms with Gasteiger partial charge in [-0.3, -0.25) is 4.90 Å². The summed E-state index contributed by atoms with van der Waals surface area (Å²) < 4.78 is 34.0. The number of amides is 1. The Bertz CT molecular complexity index is 1060. The van der Waals surface area contributed by atoms with E-state index in [0.717, 1.165) is 26.9 Å². The van der Waals surface area contributed by atoms with Crippen molar-refractivity contribution in [2.45, 2.75) is 44.2 Å². The smallest absolute Gasteiger partial charge is 0.414 e. The van der Waals surface area contributed by atoms with Crippen molar-refractivity contribution in [1.29, 1.82) is 0 Å². The molecule has 1 saturated heterocycles. The van der Waals surface area contributed by atoms with Gasteiger partial charge in [-0.15, -0.1) is 0 Å². The molecule has 2 aromatic rings. The maximum atomic E-state index is 13.1. The molecule has 2 aliphatic heterocycles. The van der Waals surface area contributed by atoms with Gasteiger partial charge in [0.25, 0.3) is 0 Å². The summed E-state index contributed by atoms with van der Waals surface area (Å²) in [5, 5.41) is 0. The predicted molar refractivity (Wildman–Crippen MR) is 115 cm³/mol. The second-order valence-electron chi connectivity index (χ2n) is 7.60. The highest BCUT2D eigenvalue weighted by molar-refractivity contribution is 9.10. The van der Waals surface area contributed by atoms with Crippen LogP contribution in [0.4, 0.5) is 10.5 Å². The predicted octanol–water partition coefficient (Wildman–Crippen LogP) is 4.38. The third-order valence-corrected chi connectivity index (χ3v) is 8.14. The zero-order valence-corrected chi connectivity index (χ0v) is 18.8. The summed E-state index contributed by atoms with van der Waals surface area (Å²) in [5.41, 5.74) is 3.59. The normalized spacial score (nSPS) is 18.4. The van der Waals surface area contributed by atoms with E-state index in [9.17, 15) is 13.2 Å². The Kier molecular flexibility index (Phi) is 5.44. The fourth-order valence-corrected chi connectivity index (χ4v) is 6.21. The van der Waals surface area contributed by atoms with Crippen molar-refractivity contribution in [2.75, 3.05) is 18.0 Å². The molecular formula is C21H23BrN2O4S. The number of carbonyl (C=O) groups is 1. The molecule has 6 nitrogen and oxygen atoms in total. The minimum absolute atomic E-state index is 0.0895. The highest BCUT2D eigenvalue weighted by atomic mass is 79.9. The lowest BCUT2D eigenvalue weighted by Crippen LogP contribution is -2.50. The average molecular weight is 479 g/mol. The molecule has 0 aliphatic carbocycles. The summed E-state index contributed by atoms with van der Waals surface area (Å²) in [4.78, 5) is 14.5. The van der Waals surface area contributed by atoms with Crippen LogP contribution < -0.4 is 4.90 Å². The van der Waals surface area contributed by atoms with Crippen LogP contribution in [0.1, 0.15) is 29.5 Å². The van der Waals surface area contributed by atoms with Crippen LogP contribution in [0.25, 0.3) is 0 Å². The topological polar surface area (TPSA) is 66.9 Å². The maximum absolute atomic E-state index is 13.1. The first-order chi connectivity index (χ1) is 13.8. The van der Waals surface area contributed by atoms with Crippen LogP contribution in [0.15, 0.2) is 45.8 Å². The lowest BCUT2D eigenvalue weighted by atomic mass is 10.0. The second-order valence-corrected chi connectivity index (χ2v) is 10.4. The number of benzene rings is 2. The van der Waals surface area contributed by atoms with Crippen molar-refractivity contribution in [3.8, 4) is 0 Å². The number of ether oxygens (including phenoxy) is 1. The first kappa shape index (κ1) is 20.4. The first-order valence-electron chi connectivity index (χ1n) is 9.59. The second kappa shape index (κ2) is 7.74. The number of cyclic esters (lactones) is 1. The van der Waals surface area contributed by atoms with Crippen molar-refractivity contribution >= 4 is 37.7 Å². The van der Waals surface area contributed by atoms with Crippen molar-refractivity contribution in [3.05, 3.63) is 57.6 Å². The van der Waals surface area contributed by atoms with Gasteiger partial charge in [0.05, 0.1) is 10.6 Å². The molecule has 29 heavy (non-hydrogen) atoms. The molecule has 4 rings (SSSR count). The molecule has 0 saturated carbocycles. The number of hydrogen-bond donors (Lipinski definition) is 0. The molecule has 8 heteroatoms. The SMILES string of the molecule is Cc1ccc(S(=O)(=O)N2CCC(N3C(=O)OCc4cc(Br)ccc43)CC2)c(C)c1. The third kappa shape index (κ3) is 3.81. The van der Waals surface area contributed by atoms with Gasteiger partial charge < -0.3 is 4.74 Å². The van der Waals surface area contributed by atoms with Crippen molar-refractivity contribution < 1.29 is 17.9 Å². The molecule has 0 radical (unpaired) electrons. The number of hydrogen-bond acceptors (Lipinski definition) is 4. The molecule has 2 heterocycles. The number of aryl methyl sites for hydroxylation is 2. The van der Waals surface area contributed by atoms with Gasteiger partial charge in [-0.1, -0.05) is 33.6 Å². The zero-order valence-electron chi connectivity index (χ0n) is 16.4. The van der Waals surface area contributed by atoms with Crippen LogP contribution in [0.2, 0.25) is 0 Å². The Hall–Kier alpha value is -1.90. The lowest BCUT2D eigenvalue weighted by molar-refractivity contribution is 0.135. The number of halogens is 1. The summed E-state index contributed by atoms with van der Waals surface area (Å²) in [6.45, 7) is 4.77. The number of carbonyl (C=O) groups excluding carboxylic acids is 1. The van der Waals surface area contributed by atoms with E-state index < -0.39 is 10.0 Å².